The Bertz CT molecular complexity index is 717. The van der Waals surface area contributed by atoms with Crippen LogP contribution in [-0.4, -0.2) is 37.9 Å². The fraction of sp³-hybridized carbons (Fsp3) is 0.222. The summed E-state index contributed by atoms with van der Waals surface area (Å²) in [6.07, 6.45) is 0. The Hall–Kier alpha value is -2.62. The number of aliphatic imine (C=N–C) groups is 2. The van der Waals surface area contributed by atoms with Crippen LogP contribution in [0.4, 0.5) is 5.69 Å². The molecular formula is C18H18N4. The summed E-state index contributed by atoms with van der Waals surface area (Å²) in [6.45, 7) is 3.59. The van der Waals surface area contributed by atoms with Gasteiger partial charge in [0.2, 0.25) is 0 Å². The quantitative estimate of drug-likeness (QED) is 0.942. The Morgan fingerprint density at radius 2 is 1.59 bits per heavy atom. The highest BCUT2D eigenvalue weighted by Crippen LogP contribution is 2.21. The lowest BCUT2D eigenvalue weighted by atomic mass is 10.1. The third kappa shape index (κ3) is 2.37. The molecule has 110 valence electrons. The van der Waals surface area contributed by atoms with Crippen molar-refractivity contribution in [2.45, 2.75) is 0 Å². The molecule has 4 nitrogen and oxygen atoms in total. The predicted octanol–water partition coefficient (Wildman–Crippen LogP) is 2.30. The van der Waals surface area contributed by atoms with Crippen LogP contribution in [0.1, 0.15) is 11.1 Å². The van der Waals surface area contributed by atoms with Crippen molar-refractivity contribution >= 4 is 17.4 Å². The number of nitrogens with zero attached hydrogens (tertiary/aromatic N) is 3. The van der Waals surface area contributed by atoms with Gasteiger partial charge in [-0.1, -0.05) is 42.5 Å². The molecule has 0 saturated carbocycles. The molecule has 4 heteroatoms. The fourth-order valence-corrected chi connectivity index (χ4v) is 2.92. The number of para-hydroxylation sites is 1. The van der Waals surface area contributed by atoms with Crippen LogP contribution in [0.3, 0.4) is 0 Å². The average molecular weight is 290 g/mol. The molecule has 0 unspecified atom stereocenters. The summed E-state index contributed by atoms with van der Waals surface area (Å²) in [6, 6.07) is 19.0. The van der Waals surface area contributed by atoms with E-state index in [1.165, 1.54) is 5.69 Å². The van der Waals surface area contributed by atoms with Gasteiger partial charge in [0.1, 0.15) is 11.7 Å². The summed E-state index contributed by atoms with van der Waals surface area (Å²) in [5.74, 6) is 2.05. The number of nitrogens with one attached hydrogen (secondary N) is 1. The Morgan fingerprint density at radius 1 is 0.818 bits per heavy atom. The molecule has 1 N–H and O–H groups in total. The number of anilines is 1. The van der Waals surface area contributed by atoms with E-state index in [4.69, 9.17) is 0 Å². The summed E-state index contributed by atoms with van der Waals surface area (Å²) in [5.41, 5.74) is 3.50. The van der Waals surface area contributed by atoms with Crippen molar-refractivity contribution in [3.8, 4) is 0 Å². The van der Waals surface area contributed by atoms with Crippen molar-refractivity contribution < 1.29 is 0 Å². The van der Waals surface area contributed by atoms with Gasteiger partial charge in [0, 0.05) is 29.9 Å². The number of amidine groups is 2. The van der Waals surface area contributed by atoms with Gasteiger partial charge >= 0.3 is 0 Å². The van der Waals surface area contributed by atoms with E-state index in [2.05, 4.69) is 68.7 Å². The molecule has 0 saturated heterocycles. The van der Waals surface area contributed by atoms with E-state index in [1.54, 1.807) is 0 Å². The summed E-state index contributed by atoms with van der Waals surface area (Å²) in [7, 11) is 0. The lowest BCUT2D eigenvalue weighted by Crippen LogP contribution is -2.28. The number of rotatable bonds is 3. The van der Waals surface area contributed by atoms with E-state index in [0.717, 1.165) is 49.0 Å². The van der Waals surface area contributed by atoms with E-state index in [0.29, 0.717) is 0 Å². The van der Waals surface area contributed by atoms with E-state index in [-0.39, 0.29) is 0 Å². The summed E-state index contributed by atoms with van der Waals surface area (Å²) < 4.78 is 0. The monoisotopic (exact) mass is 290 g/mol. The maximum atomic E-state index is 4.69. The van der Waals surface area contributed by atoms with E-state index < -0.39 is 0 Å². The van der Waals surface area contributed by atoms with Gasteiger partial charge in [-0.25, -0.2) is 0 Å². The zero-order chi connectivity index (χ0) is 14.8. The third-order valence-electron chi connectivity index (χ3n) is 4.00. The predicted molar refractivity (Wildman–Crippen MR) is 91.0 cm³/mol. The van der Waals surface area contributed by atoms with Gasteiger partial charge in [-0.05, 0) is 12.1 Å². The molecule has 2 aromatic carbocycles. The highest BCUT2D eigenvalue weighted by atomic mass is 15.2. The van der Waals surface area contributed by atoms with Crippen LogP contribution < -0.4 is 10.2 Å². The number of hydrogen-bond acceptors (Lipinski definition) is 4. The lowest BCUT2D eigenvalue weighted by molar-refractivity contribution is 0.960. The molecule has 2 aliphatic rings. The highest BCUT2D eigenvalue weighted by molar-refractivity contribution is 6.11. The van der Waals surface area contributed by atoms with Gasteiger partial charge in [-0.3, -0.25) is 9.98 Å². The number of hydrogen-bond donors (Lipinski definition) is 1. The van der Waals surface area contributed by atoms with Gasteiger partial charge in [-0.15, -0.1) is 0 Å². The van der Waals surface area contributed by atoms with Crippen molar-refractivity contribution in [2.75, 3.05) is 31.1 Å². The molecule has 2 heterocycles. The second kappa shape index (κ2) is 5.64. The van der Waals surface area contributed by atoms with Crippen molar-refractivity contribution in [3.63, 3.8) is 0 Å². The molecule has 0 fully saturated rings. The zero-order valence-electron chi connectivity index (χ0n) is 12.4. The molecule has 0 aromatic heterocycles. The Morgan fingerprint density at radius 3 is 2.32 bits per heavy atom. The van der Waals surface area contributed by atoms with Crippen LogP contribution >= 0.6 is 0 Å². The normalized spacial score (nSPS) is 17.2. The largest absolute Gasteiger partial charge is 0.368 e. The molecule has 0 atom stereocenters. The standard InChI is InChI=1S/C18H18N4/c1-2-4-16(5-3-1)22-13-12-21-18(22)15-8-6-14(7-9-15)17-19-10-11-20-17/h1-9H,10-13H2,(H,19,20). The fourth-order valence-electron chi connectivity index (χ4n) is 2.92. The van der Waals surface area contributed by atoms with Crippen LogP contribution in [0.15, 0.2) is 64.6 Å². The minimum atomic E-state index is 0.847. The van der Waals surface area contributed by atoms with Gasteiger partial charge in [0.05, 0.1) is 13.1 Å². The smallest absolute Gasteiger partial charge is 0.135 e. The van der Waals surface area contributed by atoms with Crippen molar-refractivity contribution in [3.05, 3.63) is 65.7 Å². The summed E-state index contributed by atoms with van der Waals surface area (Å²) in [5, 5.41) is 3.31. The van der Waals surface area contributed by atoms with Crippen molar-refractivity contribution in [1.82, 2.24) is 5.32 Å². The molecule has 0 bridgehead atoms. The average Bonchev–Trinajstić information content (AvgIpc) is 3.28. The molecule has 2 aliphatic heterocycles. The molecular weight excluding hydrogens is 272 g/mol. The molecule has 4 rings (SSSR count). The molecule has 0 spiro atoms. The topological polar surface area (TPSA) is 40.0 Å². The number of benzene rings is 2. The third-order valence-corrected chi connectivity index (χ3v) is 4.00. The van der Waals surface area contributed by atoms with E-state index in [9.17, 15) is 0 Å². The molecule has 0 amide bonds. The molecule has 0 radical (unpaired) electrons. The van der Waals surface area contributed by atoms with Crippen LogP contribution in [0, 0.1) is 0 Å². The summed E-state index contributed by atoms with van der Waals surface area (Å²) in [4.78, 5) is 11.4. The van der Waals surface area contributed by atoms with E-state index >= 15 is 0 Å². The maximum Gasteiger partial charge on any atom is 0.135 e. The van der Waals surface area contributed by atoms with Crippen molar-refractivity contribution in [2.24, 2.45) is 9.98 Å². The van der Waals surface area contributed by atoms with Gasteiger partial charge in [0.25, 0.3) is 0 Å². The molecule has 0 aliphatic carbocycles. The Kier molecular flexibility index (Phi) is 3.35. The first-order chi connectivity index (χ1) is 10.9. The van der Waals surface area contributed by atoms with Gasteiger partial charge in [-0.2, -0.15) is 0 Å². The minimum Gasteiger partial charge on any atom is -0.368 e. The van der Waals surface area contributed by atoms with Gasteiger partial charge < -0.3 is 10.2 Å². The molecule has 2 aromatic rings. The van der Waals surface area contributed by atoms with Crippen LogP contribution in [0.2, 0.25) is 0 Å². The van der Waals surface area contributed by atoms with Crippen LogP contribution in [0.25, 0.3) is 0 Å². The lowest BCUT2D eigenvalue weighted by Gasteiger charge is -2.20. The summed E-state index contributed by atoms with van der Waals surface area (Å²) >= 11 is 0. The first-order valence-corrected chi connectivity index (χ1v) is 7.68. The van der Waals surface area contributed by atoms with Crippen LogP contribution in [0.5, 0.6) is 0 Å². The minimum absolute atomic E-state index is 0.847. The maximum absolute atomic E-state index is 4.69. The van der Waals surface area contributed by atoms with Gasteiger partial charge in [0.15, 0.2) is 0 Å². The zero-order valence-corrected chi connectivity index (χ0v) is 12.4. The second-order valence-corrected chi connectivity index (χ2v) is 5.43. The Balaban J connectivity index is 1.61. The molecule has 22 heavy (non-hydrogen) atoms. The van der Waals surface area contributed by atoms with Crippen molar-refractivity contribution in [1.29, 1.82) is 0 Å². The Labute approximate surface area is 130 Å². The highest BCUT2D eigenvalue weighted by Gasteiger charge is 2.20. The van der Waals surface area contributed by atoms with E-state index in [1.807, 2.05) is 6.07 Å². The SMILES string of the molecule is c1ccc(N2CCN=C2c2ccc(C3=NCCN3)cc2)cc1. The second-order valence-electron chi connectivity index (χ2n) is 5.43. The van der Waals surface area contributed by atoms with Crippen LogP contribution in [-0.2, 0) is 0 Å². The first kappa shape index (κ1) is 13.1. The first-order valence-electron chi connectivity index (χ1n) is 7.68.